The Morgan fingerprint density at radius 1 is 1.75 bits per heavy atom. The van der Waals surface area contributed by atoms with Crippen molar-refractivity contribution in [2.24, 2.45) is 5.84 Å². The van der Waals surface area contributed by atoms with Crippen LogP contribution in [-0.2, 0) is 11.3 Å². The van der Waals surface area contributed by atoms with Gasteiger partial charge in [-0.3, -0.25) is 15.1 Å². The number of carbonyl (C=O) groups is 1. The van der Waals surface area contributed by atoms with Crippen LogP contribution in [-0.4, -0.2) is 43.1 Å². The summed E-state index contributed by atoms with van der Waals surface area (Å²) in [7, 11) is 3.64. The Bertz CT molecular complexity index is 342. The van der Waals surface area contributed by atoms with Crippen molar-refractivity contribution in [1.29, 1.82) is 0 Å². The maximum Gasteiger partial charge on any atom is 0.294 e. The minimum absolute atomic E-state index is 0.351. The molecule has 0 aliphatic heterocycles. The topological polar surface area (TPSA) is 80.5 Å². The molecule has 0 atom stereocenters. The van der Waals surface area contributed by atoms with Crippen molar-refractivity contribution in [2.45, 2.75) is 6.54 Å². The highest BCUT2D eigenvalue weighted by Gasteiger charge is 2.10. The van der Waals surface area contributed by atoms with Gasteiger partial charge in [0.2, 0.25) is 0 Å². The Balaban J connectivity index is 2.48. The van der Waals surface area contributed by atoms with Crippen molar-refractivity contribution in [1.82, 2.24) is 15.3 Å². The third kappa shape index (κ3) is 3.86. The molecule has 0 bridgehead atoms. The van der Waals surface area contributed by atoms with E-state index in [9.17, 15) is 4.79 Å². The van der Waals surface area contributed by atoms with Crippen LogP contribution in [0.3, 0.4) is 0 Å². The number of rotatable bonds is 6. The Kier molecular flexibility index (Phi) is 5.33. The Labute approximate surface area is 98.4 Å². The molecule has 6 nitrogen and oxygen atoms in total. The third-order valence-electron chi connectivity index (χ3n) is 1.99. The molecule has 3 N–H and O–H groups in total. The van der Waals surface area contributed by atoms with E-state index in [0.29, 0.717) is 18.2 Å². The Morgan fingerprint density at radius 3 is 3.12 bits per heavy atom. The van der Waals surface area contributed by atoms with Crippen LogP contribution in [0.2, 0.25) is 0 Å². The molecule has 90 valence electrons. The monoisotopic (exact) mass is 244 g/mol. The van der Waals surface area contributed by atoms with Crippen LogP contribution < -0.4 is 11.3 Å². The molecule has 0 unspecified atom stereocenters. The maximum atomic E-state index is 11.2. The van der Waals surface area contributed by atoms with E-state index < -0.39 is 0 Å². The number of thiazole rings is 1. The molecule has 1 rings (SSSR count). The number of nitrogens with two attached hydrogens (primary N) is 1. The summed E-state index contributed by atoms with van der Waals surface area (Å²) < 4.78 is 4.97. The lowest BCUT2D eigenvalue weighted by Gasteiger charge is -2.13. The van der Waals surface area contributed by atoms with Crippen molar-refractivity contribution in [2.75, 3.05) is 27.3 Å². The second-order valence-electron chi connectivity index (χ2n) is 3.35. The zero-order valence-corrected chi connectivity index (χ0v) is 10.2. The lowest BCUT2D eigenvalue weighted by atomic mass is 10.4. The first-order valence-corrected chi connectivity index (χ1v) is 5.68. The van der Waals surface area contributed by atoms with Gasteiger partial charge < -0.3 is 4.74 Å². The molecule has 7 heteroatoms. The fourth-order valence-electron chi connectivity index (χ4n) is 1.15. The number of nitrogens with zero attached hydrogens (tertiary/aromatic N) is 2. The summed E-state index contributed by atoms with van der Waals surface area (Å²) in [4.78, 5) is 17.4. The van der Waals surface area contributed by atoms with E-state index in [0.717, 1.165) is 12.2 Å². The maximum absolute atomic E-state index is 11.2. The van der Waals surface area contributed by atoms with E-state index >= 15 is 0 Å². The minimum atomic E-state index is -0.351. The lowest BCUT2D eigenvalue weighted by molar-refractivity contribution is 0.0953. The average molecular weight is 244 g/mol. The number of methoxy groups -OCH3 is 1. The molecule has 0 aromatic carbocycles. The highest BCUT2D eigenvalue weighted by atomic mass is 32.1. The molecule has 0 saturated heterocycles. The summed E-state index contributed by atoms with van der Waals surface area (Å²) in [5.74, 6) is 4.67. The van der Waals surface area contributed by atoms with E-state index in [1.807, 2.05) is 12.4 Å². The van der Waals surface area contributed by atoms with Gasteiger partial charge in [0, 0.05) is 25.6 Å². The van der Waals surface area contributed by atoms with Gasteiger partial charge >= 0.3 is 0 Å². The smallest absolute Gasteiger partial charge is 0.294 e. The summed E-state index contributed by atoms with van der Waals surface area (Å²) >= 11 is 1.29. The number of ether oxygens (including phenoxy) is 1. The van der Waals surface area contributed by atoms with Gasteiger partial charge in [0.1, 0.15) is 0 Å². The number of likely N-dealkylation sites (N-methyl/N-ethyl adjacent to an activating group) is 1. The zero-order chi connectivity index (χ0) is 12.0. The zero-order valence-electron chi connectivity index (χ0n) is 9.40. The largest absolute Gasteiger partial charge is 0.383 e. The van der Waals surface area contributed by atoms with Gasteiger partial charge in [0.05, 0.1) is 12.3 Å². The fraction of sp³-hybridized carbons (Fsp3) is 0.556. The fourth-order valence-corrected chi connectivity index (χ4v) is 1.86. The predicted octanol–water partition coefficient (Wildman–Crippen LogP) is -0.175. The summed E-state index contributed by atoms with van der Waals surface area (Å²) in [6, 6.07) is 0. The van der Waals surface area contributed by atoms with Gasteiger partial charge in [-0.25, -0.2) is 10.8 Å². The minimum Gasteiger partial charge on any atom is -0.383 e. The van der Waals surface area contributed by atoms with Gasteiger partial charge in [-0.15, -0.1) is 11.3 Å². The molecule has 16 heavy (non-hydrogen) atoms. The molecule has 1 aromatic heterocycles. The van der Waals surface area contributed by atoms with Crippen LogP contribution in [0.15, 0.2) is 5.38 Å². The predicted molar refractivity (Wildman–Crippen MR) is 62.0 cm³/mol. The van der Waals surface area contributed by atoms with Gasteiger partial charge in [-0.05, 0) is 7.05 Å². The van der Waals surface area contributed by atoms with Crippen molar-refractivity contribution < 1.29 is 9.53 Å². The van der Waals surface area contributed by atoms with Crippen LogP contribution in [0.5, 0.6) is 0 Å². The van der Waals surface area contributed by atoms with Gasteiger partial charge in [-0.2, -0.15) is 0 Å². The molecular weight excluding hydrogens is 228 g/mol. The highest BCUT2D eigenvalue weighted by Crippen LogP contribution is 2.10. The Hall–Kier alpha value is -1.02. The van der Waals surface area contributed by atoms with Crippen LogP contribution in [0.25, 0.3) is 0 Å². The summed E-state index contributed by atoms with van der Waals surface area (Å²) in [6.45, 7) is 2.20. The van der Waals surface area contributed by atoms with Crippen LogP contribution in [0.1, 0.15) is 15.5 Å². The molecule has 0 spiro atoms. The SMILES string of the molecule is COCCN(C)Cc1csc(C(=O)NN)n1. The molecule has 0 fully saturated rings. The number of amides is 1. The van der Waals surface area contributed by atoms with Crippen LogP contribution >= 0.6 is 11.3 Å². The molecule has 0 aliphatic rings. The third-order valence-corrected chi connectivity index (χ3v) is 2.88. The molecular formula is C9H16N4O2S. The number of hydrogen-bond donors (Lipinski definition) is 2. The number of nitrogen functional groups attached to an aromatic ring is 1. The second-order valence-corrected chi connectivity index (χ2v) is 4.21. The first-order valence-electron chi connectivity index (χ1n) is 4.80. The number of hydrazine groups is 1. The van der Waals surface area contributed by atoms with Crippen LogP contribution in [0.4, 0.5) is 0 Å². The molecule has 1 amide bonds. The molecule has 1 aromatic rings. The number of carbonyl (C=O) groups excluding carboxylic acids is 1. The van der Waals surface area contributed by atoms with Crippen molar-refractivity contribution in [3.05, 3.63) is 16.1 Å². The number of nitrogens with one attached hydrogen (secondary N) is 1. The van der Waals surface area contributed by atoms with Gasteiger partial charge in [0.15, 0.2) is 5.01 Å². The normalized spacial score (nSPS) is 10.8. The molecule has 0 saturated carbocycles. The van der Waals surface area contributed by atoms with Crippen LogP contribution in [0, 0.1) is 0 Å². The van der Waals surface area contributed by atoms with E-state index in [1.54, 1.807) is 7.11 Å². The van der Waals surface area contributed by atoms with E-state index in [2.05, 4.69) is 15.3 Å². The second kappa shape index (κ2) is 6.54. The van der Waals surface area contributed by atoms with E-state index in [1.165, 1.54) is 11.3 Å². The van der Waals surface area contributed by atoms with Crippen molar-refractivity contribution in [3.8, 4) is 0 Å². The number of hydrogen-bond acceptors (Lipinski definition) is 6. The molecule has 0 radical (unpaired) electrons. The summed E-state index contributed by atoms with van der Waals surface area (Å²) in [5, 5.41) is 2.24. The summed E-state index contributed by atoms with van der Waals surface area (Å²) in [5.41, 5.74) is 2.92. The van der Waals surface area contributed by atoms with E-state index in [4.69, 9.17) is 10.6 Å². The van der Waals surface area contributed by atoms with Gasteiger partial charge in [0.25, 0.3) is 5.91 Å². The highest BCUT2D eigenvalue weighted by molar-refractivity contribution is 7.11. The van der Waals surface area contributed by atoms with E-state index in [-0.39, 0.29) is 5.91 Å². The number of aromatic nitrogens is 1. The lowest BCUT2D eigenvalue weighted by Crippen LogP contribution is -2.30. The quantitative estimate of drug-likeness (QED) is 0.412. The first kappa shape index (κ1) is 13.0. The average Bonchev–Trinajstić information content (AvgIpc) is 2.73. The Morgan fingerprint density at radius 2 is 2.50 bits per heavy atom. The standard InChI is InChI=1S/C9H16N4O2S/c1-13(3-4-15-2)5-7-6-16-9(11-7)8(14)12-10/h6H,3-5,10H2,1-2H3,(H,12,14). The summed E-state index contributed by atoms with van der Waals surface area (Å²) in [6.07, 6.45) is 0. The van der Waals surface area contributed by atoms with Gasteiger partial charge in [-0.1, -0.05) is 0 Å². The molecule has 0 aliphatic carbocycles. The van der Waals surface area contributed by atoms with Crippen molar-refractivity contribution in [3.63, 3.8) is 0 Å². The molecule has 1 heterocycles. The van der Waals surface area contributed by atoms with Crippen molar-refractivity contribution >= 4 is 17.2 Å². The first-order chi connectivity index (χ1) is 7.67.